The van der Waals surface area contributed by atoms with E-state index in [1.165, 1.54) is 6.42 Å². The molecule has 1 aliphatic carbocycles. The second-order valence-electron chi connectivity index (χ2n) is 5.85. The smallest absolute Gasteiger partial charge is 0.367 e. The molecule has 1 aliphatic rings. The van der Waals surface area contributed by atoms with Crippen LogP contribution in [0.15, 0.2) is 0 Å². The maximum atomic E-state index is 11.3. The van der Waals surface area contributed by atoms with Gasteiger partial charge in [-0.15, -0.1) is 0 Å². The molecular formula is C11H20N2O7P2S. The molecule has 0 saturated heterocycles. The third-order valence-corrected chi connectivity index (χ3v) is 8.52. The van der Waals surface area contributed by atoms with Crippen molar-refractivity contribution in [2.75, 3.05) is 0 Å². The van der Waals surface area contributed by atoms with Gasteiger partial charge in [0.05, 0.1) is 6.42 Å². The zero-order valence-electron chi connectivity index (χ0n) is 12.3. The highest BCUT2D eigenvalue weighted by Gasteiger charge is 2.59. The highest BCUT2D eigenvalue weighted by atomic mass is 32.1. The van der Waals surface area contributed by atoms with Gasteiger partial charge in [-0.25, -0.2) is 4.98 Å². The quantitative estimate of drug-likeness (QED) is 0.452. The number of aromatic nitrogens is 2. The molecule has 0 bridgehead atoms. The van der Waals surface area contributed by atoms with Crippen molar-refractivity contribution >= 4 is 26.7 Å². The minimum atomic E-state index is -5.47. The van der Waals surface area contributed by atoms with Gasteiger partial charge in [-0.2, -0.15) is 4.37 Å². The van der Waals surface area contributed by atoms with Gasteiger partial charge in [-0.1, -0.05) is 32.1 Å². The van der Waals surface area contributed by atoms with Crippen LogP contribution in [0, 0.1) is 5.92 Å². The molecule has 0 spiro atoms. The molecule has 9 nitrogen and oxygen atoms in total. The molecule has 0 aliphatic heterocycles. The zero-order chi connectivity index (χ0) is 17.3. The lowest BCUT2D eigenvalue weighted by Crippen LogP contribution is -2.31. The number of rotatable bonds is 6. The summed E-state index contributed by atoms with van der Waals surface area (Å²) in [5.74, 6) is 0.935. The summed E-state index contributed by atoms with van der Waals surface area (Å²) < 4.78 is 26.7. The van der Waals surface area contributed by atoms with Crippen LogP contribution in [0.5, 0.6) is 0 Å². The fraction of sp³-hybridized carbons (Fsp3) is 0.818. The number of nitrogens with zero attached hydrogens (tertiary/aromatic N) is 2. The highest BCUT2D eigenvalue weighted by Crippen LogP contribution is 2.68. The first-order valence-electron chi connectivity index (χ1n) is 7.18. The van der Waals surface area contributed by atoms with Gasteiger partial charge in [-0.05, 0) is 17.5 Å². The third-order valence-electron chi connectivity index (χ3n) is 4.03. The van der Waals surface area contributed by atoms with Gasteiger partial charge in [-0.3, -0.25) is 9.13 Å². The van der Waals surface area contributed by atoms with Gasteiger partial charge in [0.2, 0.25) is 0 Å². The summed E-state index contributed by atoms with van der Waals surface area (Å²) in [5, 5.41) is 6.40. The van der Waals surface area contributed by atoms with Crippen LogP contribution in [-0.2, 0) is 22.0 Å². The fourth-order valence-corrected chi connectivity index (χ4v) is 5.70. The first-order chi connectivity index (χ1) is 10.5. The van der Waals surface area contributed by atoms with E-state index in [2.05, 4.69) is 9.36 Å². The molecule has 1 heterocycles. The monoisotopic (exact) mass is 386 g/mol. The summed E-state index contributed by atoms with van der Waals surface area (Å²) in [6.45, 7) is 0. The summed E-state index contributed by atoms with van der Waals surface area (Å²) in [6.07, 6.45) is 5.34. The fourth-order valence-electron chi connectivity index (χ4n) is 2.67. The van der Waals surface area contributed by atoms with Crippen molar-refractivity contribution in [2.24, 2.45) is 5.92 Å². The Labute approximate surface area is 137 Å². The summed E-state index contributed by atoms with van der Waals surface area (Å²) >= 11 is 0.789. The van der Waals surface area contributed by atoms with E-state index in [0.717, 1.165) is 37.2 Å². The van der Waals surface area contributed by atoms with Gasteiger partial charge in [0, 0.05) is 6.42 Å². The normalized spacial score (nSPS) is 18.3. The Balaban J connectivity index is 2.13. The molecular weight excluding hydrogens is 366 g/mol. The van der Waals surface area contributed by atoms with Gasteiger partial charge >= 0.3 is 15.2 Å². The average molecular weight is 386 g/mol. The van der Waals surface area contributed by atoms with Crippen molar-refractivity contribution in [3.8, 4) is 0 Å². The lowest BCUT2D eigenvalue weighted by Gasteiger charge is -2.28. The lowest BCUT2D eigenvalue weighted by atomic mass is 9.87. The van der Waals surface area contributed by atoms with E-state index in [-0.39, 0.29) is 5.01 Å². The SMILES string of the molecule is O=P(O)(O)C(O)(Cc1nc(CC2CCCCC2)ns1)P(=O)(O)O. The van der Waals surface area contributed by atoms with E-state index >= 15 is 0 Å². The Kier molecular flexibility index (Phi) is 5.81. The van der Waals surface area contributed by atoms with Crippen molar-refractivity contribution in [3.63, 3.8) is 0 Å². The molecule has 0 amide bonds. The van der Waals surface area contributed by atoms with Gasteiger partial charge in [0.25, 0.3) is 5.08 Å². The van der Waals surface area contributed by atoms with E-state index in [1.54, 1.807) is 0 Å². The molecule has 2 rings (SSSR count). The van der Waals surface area contributed by atoms with Gasteiger partial charge in [0.15, 0.2) is 0 Å². The van der Waals surface area contributed by atoms with Crippen LogP contribution < -0.4 is 0 Å². The van der Waals surface area contributed by atoms with Crippen LogP contribution in [0.25, 0.3) is 0 Å². The Morgan fingerprint density at radius 1 is 1.09 bits per heavy atom. The number of hydrogen-bond donors (Lipinski definition) is 5. The standard InChI is InChI=1S/C11H20N2O7P2S/c14-11(21(15,16)17,22(18,19)20)7-10-12-9(13-23-10)6-8-4-2-1-3-5-8/h8,14H,1-7H2,(H2,15,16,17)(H2,18,19,20). The number of hydrogen-bond acceptors (Lipinski definition) is 6. The van der Waals surface area contributed by atoms with Gasteiger partial charge in [0.1, 0.15) is 10.8 Å². The molecule has 1 aromatic rings. The van der Waals surface area contributed by atoms with Crippen LogP contribution in [0.4, 0.5) is 0 Å². The van der Waals surface area contributed by atoms with Crippen LogP contribution in [0.1, 0.15) is 42.9 Å². The molecule has 5 N–H and O–H groups in total. The first-order valence-corrected chi connectivity index (χ1v) is 11.2. The third kappa shape index (κ3) is 4.46. The van der Waals surface area contributed by atoms with Crippen LogP contribution in [0.2, 0.25) is 0 Å². The van der Waals surface area contributed by atoms with Crippen molar-refractivity contribution < 1.29 is 33.8 Å². The van der Waals surface area contributed by atoms with E-state index in [9.17, 15) is 14.2 Å². The van der Waals surface area contributed by atoms with Gasteiger partial charge < -0.3 is 24.7 Å². The van der Waals surface area contributed by atoms with E-state index in [0.29, 0.717) is 18.2 Å². The summed E-state index contributed by atoms with van der Waals surface area (Å²) in [6, 6.07) is 0. The molecule has 132 valence electrons. The molecule has 0 radical (unpaired) electrons. The molecule has 12 heteroatoms. The Bertz CT molecular complexity index is 612. The molecule has 0 atom stereocenters. The van der Waals surface area contributed by atoms with E-state index in [1.807, 2.05) is 0 Å². The first kappa shape index (κ1) is 19.1. The Morgan fingerprint density at radius 2 is 1.65 bits per heavy atom. The summed E-state index contributed by atoms with van der Waals surface area (Å²) in [4.78, 5) is 40.6. The molecule has 0 unspecified atom stereocenters. The zero-order valence-corrected chi connectivity index (χ0v) is 14.9. The molecule has 1 saturated carbocycles. The average Bonchev–Trinajstić information content (AvgIpc) is 2.84. The molecule has 23 heavy (non-hydrogen) atoms. The van der Waals surface area contributed by atoms with Crippen molar-refractivity contribution in [2.45, 2.75) is 50.0 Å². The van der Waals surface area contributed by atoms with Crippen molar-refractivity contribution in [1.29, 1.82) is 0 Å². The minimum absolute atomic E-state index is 0.00930. The minimum Gasteiger partial charge on any atom is -0.367 e. The topological polar surface area (TPSA) is 161 Å². The van der Waals surface area contributed by atoms with Crippen molar-refractivity contribution in [3.05, 3.63) is 10.8 Å². The van der Waals surface area contributed by atoms with E-state index in [4.69, 9.17) is 19.6 Å². The van der Waals surface area contributed by atoms with Crippen molar-refractivity contribution in [1.82, 2.24) is 9.36 Å². The molecule has 1 fully saturated rings. The Hall–Kier alpha value is -0.180. The largest absolute Gasteiger partial charge is 0.369 e. The maximum Gasteiger partial charge on any atom is 0.369 e. The second-order valence-corrected chi connectivity index (χ2v) is 10.7. The maximum absolute atomic E-state index is 11.3. The summed E-state index contributed by atoms with van der Waals surface area (Å²) in [7, 11) is -10.9. The predicted molar refractivity (Wildman–Crippen MR) is 82.9 cm³/mol. The van der Waals surface area contributed by atoms with Crippen LogP contribution in [0.3, 0.4) is 0 Å². The van der Waals surface area contributed by atoms with Crippen LogP contribution in [-0.4, -0.2) is 39.1 Å². The molecule has 0 aromatic carbocycles. The highest BCUT2D eigenvalue weighted by molar-refractivity contribution is 7.72. The molecule has 1 aromatic heterocycles. The number of aliphatic hydroxyl groups is 1. The lowest BCUT2D eigenvalue weighted by molar-refractivity contribution is 0.131. The predicted octanol–water partition coefficient (Wildman–Crippen LogP) is 1.20. The second kappa shape index (κ2) is 6.98. The van der Waals surface area contributed by atoms with E-state index < -0.39 is 26.7 Å². The van der Waals surface area contributed by atoms with Crippen LogP contribution >= 0.6 is 26.7 Å². The summed E-state index contributed by atoms with van der Waals surface area (Å²) in [5.41, 5.74) is 0. The Morgan fingerprint density at radius 3 is 2.17 bits per heavy atom.